The highest BCUT2D eigenvalue weighted by molar-refractivity contribution is 7.85. The van der Waals surface area contributed by atoms with Gasteiger partial charge in [0.15, 0.2) is 12.6 Å². The van der Waals surface area contributed by atoms with Crippen LogP contribution in [0.5, 0.6) is 0 Å². The van der Waals surface area contributed by atoms with E-state index in [9.17, 15) is 35.1 Å². The van der Waals surface area contributed by atoms with E-state index in [1.807, 2.05) is 25.9 Å². The Morgan fingerprint density at radius 2 is 1.52 bits per heavy atom. The smallest absolute Gasteiger partial charge is 0.311 e. The molecule has 3 fully saturated rings. The molecule has 0 aromatic heterocycles. The molecule has 0 amide bonds. The van der Waals surface area contributed by atoms with E-state index in [1.54, 1.807) is 41.5 Å². The van der Waals surface area contributed by atoms with Gasteiger partial charge in [0.05, 0.1) is 47.6 Å². The number of nitriles is 1. The number of carbonyl (C=O) groups is 2. The van der Waals surface area contributed by atoms with E-state index in [0.29, 0.717) is 6.42 Å². The summed E-state index contributed by atoms with van der Waals surface area (Å²) >= 11 is 3.09. The predicted octanol–water partition coefficient (Wildman–Crippen LogP) is 2.18. The van der Waals surface area contributed by atoms with Gasteiger partial charge in [-0.2, -0.15) is 5.26 Å². The number of nitrogens with zero attached hydrogens (tertiary/aromatic N) is 2. The maximum Gasteiger partial charge on any atom is 0.311 e. The minimum Gasteiger partial charge on any atom is -0.459 e. The van der Waals surface area contributed by atoms with Gasteiger partial charge in [0.25, 0.3) is 0 Å². The van der Waals surface area contributed by atoms with Crippen LogP contribution in [0.4, 0.5) is 0 Å². The Kier molecular flexibility index (Phi) is 17.9. The summed E-state index contributed by atoms with van der Waals surface area (Å²) in [6.07, 6.45) is -9.71. The van der Waals surface area contributed by atoms with Crippen LogP contribution in [0.1, 0.15) is 94.9 Å². The van der Waals surface area contributed by atoms with Crippen LogP contribution in [0.15, 0.2) is 0 Å². The van der Waals surface area contributed by atoms with E-state index in [2.05, 4.69) is 12.6 Å². The molecule has 15 nitrogen and oxygen atoms in total. The number of cyclic esters (lactones) is 1. The van der Waals surface area contributed by atoms with Gasteiger partial charge in [0.2, 0.25) is 0 Å². The zero-order valence-electron chi connectivity index (χ0n) is 34.3. The van der Waals surface area contributed by atoms with E-state index in [4.69, 9.17) is 33.7 Å². The fourth-order valence-corrected chi connectivity index (χ4v) is 8.41. The number of thiol groups is 1. The van der Waals surface area contributed by atoms with Crippen molar-refractivity contribution in [3.8, 4) is 5.40 Å². The molecule has 3 aliphatic heterocycles. The molecule has 0 saturated carbocycles. The Labute approximate surface area is 327 Å². The highest BCUT2D eigenvalue weighted by atomic mass is 32.1. The van der Waals surface area contributed by atoms with E-state index in [0.717, 1.165) is 0 Å². The molecule has 0 aromatic rings. The second kappa shape index (κ2) is 19.8. The molecule has 16 heteroatoms. The summed E-state index contributed by atoms with van der Waals surface area (Å²) in [6.45, 7) is 16.3. The van der Waals surface area contributed by atoms with Crippen LogP contribution >= 0.6 is 12.6 Å². The number of hydrogen-bond donors (Lipinski definition) is 6. The fourth-order valence-electron chi connectivity index (χ4n) is 8.41. The third-order valence-electron chi connectivity index (χ3n) is 11.8. The van der Waals surface area contributed by atoms with Crippen LogP contribution in [0.25, 0.3) is 0 Å². The number of aliphatic hydroxyl groups is 5. The van der Waals surface area contributed by atoms with Gasteiger partial charge in [-0.3, -0.25) is 9.59 Å². The molecule has 3 rings (SSSR count). The molecule has 0 spiro atoms. The highest BCUT2D eigenvalue weighted by Crippen LogP contribution is 2.40. The van der Waals surface area contributed by atoms with Gasteiger partial charge in [0, 0.05) is 37.3 Å². The molecule has 1 unspecified atom stereocenters. The van der Waals surface area contributed by atoms with Gasteiger partial charge in [-0.05, 0) is 74.9 Å². The quantitative estimate of drug-likeness (QED) is 0.124. The average Bonchev–Trinajstić information content (AvgIpc) is 3.09. The minimum absolute atomic E-state index is 0.0936. The van der Waals surface area contributed by atoms with Crippen molar-refractivity contribution in [1.29, 1.82) is 5.26 Å². The van der Waals surface area contributed by atoms with Crippen LogP contribution in [-0.2, 0) is 38.0 Å². The van der Waals surface area contributed by atoms with Gasteiger partial charge in [0.1, 0.15) is 35.1 Å². The largest absolute Gasteiger partial charge is 0.459 e. The molecule has 3 aliphatic rings. The summed E-state index contributed by atoms with van der Waals surface area (Å²) in [4.78, 5) is 29.8. The lowest BCUT2D eigenvalue weighted by atomic mass is 9.74. The summed E-state index contributed by atoms with van der Waals surface area (Å²) in [5.41, 5.74) is -4.84. The van der Waals surface area contributed by atoms with E-state index in [1.165, 1.54) is 33.3 Å². The van der Waals surface area contributed by atoms with Crippen molar-refractivity contribution in [3.05, 3.63) is 0 Å². The Hall–Kier alpha value is -1.46. The first-order valence-corrected chi connectivity index (χ1v) is 19.4. The van der Waals surface area contributed by atoms with Crippen molar-refractivity contribution >= 4 is 24.4 Å². The number of likely N-dealkylation sites (N-methyl/N-ethyl adjacent to an activating group) is 1. The van der Waals surface area contributed by atoms with Crippen LogP contribution in [0.3, 0.4) is 0 Å². The highest BCUT2D eigenvalue weighted by Gasteiger charge is 2.53. The molecule has 3 saturated heterocycles. The van der Waals surface area contributed by atoms with Crippen LogP contribution in [0.2, 0.25) is 0 Å². The third-order valence-corrected chi connectivity index (χ3v) is 11.8. The van der Waals surface area contributed by atoms with E-state index >= 15 is 0 Å². The second-order valence-electron chi connectivity index (χ2n) is 16.6. The number of ketones is 1. The van der Waals surface area contributed by atoms with Crippen LogP contribution < -0.4 is 0 Å². The molecule has 0 radical (unpaired) electrons. The zero-order valence-corrected chi connectivity index (χ0v) is 35.2. The predicted molar refractivity (Wildman–Crippen MR) is 201 cm³/mol. The maximum absolute atomic E-state index is 14.1. The van der Waals surface area contributed by atoms with Gasteiger partial charge in [-0.15, -0.1) is 0 Å². The fraction of sp³-hybridized carbons (Fsp3) is 0.921. The number of aliphatic hydroxyl groups excluding tert-OH is 3. The normalized spacial score (nSPS) is 47.1. The third kappa shape index (κ3) is 11.1. The van der Waals surface area contributed by atoms with E-state index in [-0.39, 0.29) is 31.4 Å². The number of methoxy groups -OCH3 is 1. The molecular weight excluding hydrogens is 724 g/mol. The molecular formula is C38H68N2O13S. The van der Waals surface area contributed by atoms with Crippen molar-refractivity contribution in [3.63, 3.8) is 0 Å². The lowest BCUT2D eigenvalue weighted by molar-refractivity contribution is -0.318. The van der Waals surface area contributed by atoms with Gasteiger partial charge in [-0.1, -0.05) is 40.3 Å². The maximum atomic E-state index is 14.1. The number of esters is 1. The van der Waals surface area contributed by atoms with Crippen LogP contribution in [0, 0.1) is 34.3 Å². The van der Waals surface area contributed by atoms with Crippen molar-refractivity contribution in [2.45, 2.75) is 179 Å². The Morgan fingerprint density at radius 1 is 0.944 bits per heavy atom. The first-order valence-electron chi connectivity index (χ1n) is 18.9. The molecule has 54 heavy (non-hydrogen) atoms. The number of carbonyl (C=O) groups excluding carboxylic acids is 2. The number of ether oxygens (including phenoxy) is 6. The van der Waals surface area contributed by atoms with Gasteiger partial charge < -0.3 is 58.9 Å². The average molecular weight is 793 g/mol. The van der Waals surface area contributed by atoms with E-state index < -0.39 is 108 Å². The number of rotatable bonds is 7. The Balaban J connectivity index is 0.00000325. The lowest BCUT2D eigenvalue weighted by Crippen LogP contribution is -2.61. The first-order chi connectivity index (χ1) is 24.8. The summed E-state index contributed by atoms with van der Waals surface area (Å²) in [5.74, 6) is -4.98. The Bertz CT molecular complexity index is 1270. The van der Waals surface area contributed by atoms with Crippen molar-refractivity contribution in [2.24, 2.45) is 23.7 Å². The number of thiocyanates is 1. The summed E-state index contributed by atoms with van der Waals surface area (Å²) in [5, 5.41) is 66.2. The van der Waals surface area contributed by atoms with Crippen molar-refractivity contribution in [2.75, 3.05) is 21.2 Å². The summed E-state index contributed by atoms with van der Waals surface area (Å²) in [6, 6.07) is -0.324. The van der Waals surface area contributed by atoms with Gasteiger partial charge >= 0.3 is 5.97 Å². The molecule has 3 heterocycles. The van der Waals surface area contributed by atoms with Crippen molar-refractivity contribution < 1.29 is 63.5 Å². The molecule has 0 aliphatic carbocycles. The Morgan fingerprint density at radius 3 is 2.04 bits per heavy atom. The van der Waals surface area contributed by atoms with Crippen molar-refractivity contribution in [1.82, 2.24) is 4.90 Å². The number of Topliss-reactive ketones (excluding diaryl/α,β-unsaturated/α-hetero) is 1. The summed E-state index contributed by atoms with van der Waals surface area (Å²) in [7, 11) is 5.18. The molecule has 314 valence electrons. The molecule has 0 bridgehead atoms. The van der Waals surface area contributed by atoms with Crippen LogP contribution in [-0.4, -0.2) is 148 Å². The molecule has 18 atom stereocenters. The topological polar surface area (TPSA) is 218 Å². The zero-order chi connectivity index (χ0) is 41.7. The first kappa shape index (κ1) is 48.7. The standard InChI is InChI=1S/C37H67NO13.CHNS/c1-14-25-37(10,45)30(41)20(4)27(39)18(2)16-35(8,44)32(51-34-28(40)24(38(11)12)15-19(3)47-34)21(5)29(22(6)33(43)49-25)50-26-17-36(9,46-13)31(42)23(7)48-26;2-1-3/h18-26,28-32,34,40-42,44-45H,14-17H2,1-13H3;3H/t18-,19-,20+,21+,22-,23+,24+,25?,26+,28-,29+,30-,31+,32-,34+,35-,36-,37-;/m1./s1. The minimum atomic E-state index is -1.99. The lowest BCUT2D eigenvalue weighted by Gasteiger charge is -2.49. The molecule has 5 N–H and O–H groups in total. The molecule has 0 aromatic carbocycles. The number of hydrogen-bond acceptors (Lipinski definition) is 16. The second-order valence-corrected chi connectivity index (χ2v) is 16.8. The SMILES string of the molecule is CCC1OC(=O)[C@H](C)[C@@H](O[C@H]2C[C@@](C)(OC)[C@@H](O)[C@H](C)O2)[C@H](C)[C@@H](O[C@@H]2O[C@H](C)C[C@H](N(C)C)[C@H]2O)[C@](C)(O)C[C@@H](C)C(=O)[C@H](C)[C@@H](O)[C@]1(C)O.N#CS. The van der Waals surface area contributed by atoms with Gasteiger partial charge in [-0.25, -0.2) is 0 Å². The summed E-state index contributed by atoms with van der Waals surface area (Å²) < 4.78 is 37.1. The monoisotopic (exact) mass is 792 g/mol.